The van der Waals surface area contributed by atoms with E-state index in [1.807, 2.05) is 19.1 Å². The van der Waals surface area contributed by atoms with E-state index in [4.69, 9.17) is 11.6 Å². The number of carbonyl (C=O) groups excluding carboxylic acids is 1. The minimum atomic E-state index is -3.44. The summed E-state index contributed by atoms with van der Waals surface area (Å²) in [6, 6.07) is 13.5. The molecule has 0 aromatic heterocycles. The molecule has 6 nitrogen and oxygen atoms in total. The fraction of sp³-hybridized carbons (Fsp3) is 0.381. The number of benzene rings is 2. The predicted octanol–water partition coefficient (Wildman–Crippen LogP) is 4.08. The third-order valence-corrected chi connectivity index (χ3v) is 7.21. The summed E-state index contributed by atoms with van der Waals surface area (Å²) < 4.78 is 26.9. The third kappa shape index (κ3) is 5.72. The highest BCUT2D eigenvalue weighted by molar-refractivity contribution is 7.89. The molecule has 0 unspecified atom stereocenters. The van der Waals surface area contributed by atoms with E-state index in [0.29, 0.717) is 29.6 Å². The first-order valence-electron chi connectivity index (χ1n) is 9.75. The second kappa shape index (κ2) is 9.61. The summed E-state index contributed by atoms with van der Waals surface area (Å²) in [5, 5.41) is 6.31. The zero-order valence-corrected chi connectivity index (χ0v) is 18.0. The van der Waals surface area contributed by atoms with Gasteiger partial charge in [0.2, 0.25) is 10.0 Å². The van der Waals surface area contributed by atoms with Crippen LogP contribution in [0, 0.1) is 0 Å². The van der Waals surface area contributed by atoms with Gasteiger partial charge in [-0.15, -0.1) is 0 Å². The third-order valence-electron chi connectivity index (χ3n) is 5.05. The summed E-state index contributed by atoms with van der Waals surface area (Å²) in [5.41, 5.74) is 1.79. The lowest BCUT2D eigenvalue weighted by atomic mass is 10.1. The molecule has 156 valence electrons. The monoisotopic (exact) mass is 435 g/mol. The number of halogens is 1. The summed E-state index contributed by atoms with van der Waals surface area (Å²) in [7, 11) is -3.44. The SMILES string of the molecule is C[C@@H](NC(=O)NCc1ccc(S(=O)(=O)N2CCCCC2)cc1)c1ccc(Cl)cc1. The van der Waals surface area contributed by atoms with E-state index in [-0.39, 0.29) is 12.1 Å². The highest BCUT2D eigenvalue weighted by Gasteiger charge is 2.25. The smallest absolute Gasteiger partial charge is 0.315 e. The summed E-state index contributed by atoms with van der Waals surface area (Å²) in [5.74, 6) is 0. The van der Waals surface area contributed by atoms with Crippen molar-refractivity contribution in [3.8, 4) is 0 Å². The number of rotatable bonds is 6. The van der Waals surface area contributed by atoms with Crippen LogP contribution >= 0.6 is 11.6 Å². The zero-order valence-electron chi connectivity index (χ0n) is 16.4. The Kier molecular flexibility index (Phi) is 7.16. The molecule has 2 aromatic rings. The number of hydrogen-bond donors (Lipinski definition) is 2. The quantitative estimate of drug-likeness (QED) is 0.717. The lowest BCUT2D eigenvalue weighted by Gasteiger charge is -2.25. The molecule has 1 saturated heterocycles. The molecule has 1 atom stereocenters. The van der Waals surface area contributed by atoms with Crippen LogP contribution in [0.3, 0.4) is 0 Å². The maximum atomic E-state index is 12.7. The lowest BCUT2D eigenvalue weighted by Crippen LogP contribution is -2.36. The fourth-order valence-electron chi connectivity index (χ4n) is 3.30. The summed E-state index contributed by atoms with van der Waals surface area (Å²) in [6.45, 7) is 3.36. The van der Waals surface area contributed by atoms with Crippen LogP contribution in [-0.2, 0) is 16.6 Å². The van der Waals surface area contributed by atoms with Gasteiger partial charge in [0.15, 0.2) is 0 Å². The Labute approximate surface area is 177 Å². The van der Waals surface area contributed by atoms with E-state index in [0.717, 1.165) is 30.4 Å². The molecule has 29 heavy (non-hydrogen) atoms. The molecule has 1 aliphatic rings. The van der Waals surface area contributed by atoms with Crippen molar-refractivity contribution in [2.75, 3.05) is 13.1 Å². The van der Waals surface area contributed by atoms with E-state index < -0.39 is 10.0 Å². The Balaban J connectivity index is 1.53. The van der Waals surface area contributed by atoms with Gasteiger partial charge in [0.05, 0.1) is 10.9 Å². The zero-order chi connectivity index (χ0) is 20.9. The Morgan fingerprint density at radius 1 is 1.03 bits per heavy atom. The van der Waals surface area contributed by atoms with Gasteiger partial charge in [-0.3, -0.25) is 0 Å². The highest BCUT2D eigenvalue weighted by Crippen LogP contribution is 2.21. The Morgan fingerprint density at radius 2 is 1.66 bits per heavy atom. The van der Waals surface area contributed by atoms with E-state index in [1.54, 1.807) is 40.7 Å². The summed E-state index contributed by atoms with van der Waals surface area (Å²) in [4.78, 5) is 12.4. The van der Waals surface area contributed by atoms with Gasteiger partial charge >= 0.3 is 6.03 Å². The van der Waals surface area contributed by atoms with Crippen molar-refractivity contribution in [3.63, 3.8) is 0 Å². The topological polar surface area (TPSA) is 78.5 Å². The van der Waals surface area contributed by atoms with Crippen molar-refractivity contribution in [3.05, 3.63) is 64.7 Å². The molecule has 0 saturated carbocycles. The Morgan fingerprint density at radius 3 is 2.28 bits per heavy atom. The first-order chi connectivity index (χ1) is 13.9. The molecule has 2 aromatic carbocycles. The minimum Gasteiger partial charge on any atom is -0.334 e. The summed E-state index contributed by atoms with van der Waals surface area (Å²) in [6.07, 6.45) is 2.89. The maximum Gasteiger partial charge on any atom is 0.315 e. The number of amides is 2. The molecule has 1 aliphatic heterocycles. The Bertz CT molecular complexity index is 925. The molecular formula is C21H26ClN3O3S. The number of urea groups is 1. The largest absolute Gasteiger partial charge is 0.334 e. The first kappa shape index (κ1) is 21.6. The lowest BCUT2D eigenvalue weighted by molar-refractivity contribution is 0.237. The normalized spacial score (nSPS) is 16.2. The van der Waals surface area contributed by atoms with Gasteiger partial charge in [-0.1, -0.05) is 42.3 Å². The summed E-state index contributed by atoms with van der Waals surface area (Å²) >= 11 is 5.88. The standard InChI is InChI=1S/C21H26ClN3O3S/c1-16(18-7-9-19(22)10-8-18)24-21(26)23-15-17-5-11-20(12-6-17)29(27,28)25-13-3-2-4-14-25/h5-12,16H,2-4,13-15H2,1H3,(H2,23,24,26)/t16-/m1/s1. The first-order valence-corrected chi connectivity index (χ1v) is 11.6. The molecule has 1 fully saturated rings. The second-order valence-corrected chi connectivity index (χ2v) is 9.58. The molecule has 0 aliphatic carbocycles. The van der Waals surface area contributed by atoms with Crippen LogP contribution in [0.15, 0.2) is 53.4 Å². The second-order valence-electron chi connectivity index (χ2n) is 7.21. The molecule has 0 radical (unpaired) electrons. The van der Waals surface area contributed by atoms with Crippen LogP contribution in [0.4, 0.5) is 4.79 Å². The molecule has 3 rings (SSSR count). The van der Waals surface area contributed by atoms with Crippen molar-refractivity contribution in [1.29, 1.82) is 0 Å². The van der Waals surface area contributed by atoms with E-state index >= 15 is 0 Å². The molecule has 1 heterocycles. The number of nitrogens with zero attached hydrogens (tertiary/aromatic N) is 1. The van der Waals surface area contributed by atoms with Gasteiger partial charge in [-0.25, -0.2) is 13.2 Å². The maximum absolute atomic E-state index is 12.7. The van der Waals surface area contributed by atoms with Gasteiger partial charge in [-0.05, 0) is 55.2 Å². The van der Waals surface area contributed by atoms with Crippen molar-refractivity contribution < 1.29 is 13.2 Å². The van der Waals surface area contributed by atoms with E-state index in [2.05, 4.69) is 10.6 Å². The van der Waals surface area contributed by atoms with Crippen LogP contribution in [0.2, 0.25) is 5.02 Å². The molecule has 8 heteroatoms. The van der Waals surface area contributed by atoms with Gasteiger partial charge in [0, 0.05) is 24.7 Å². The van der Waals surface area contributed by atoms with Gasteiger partial charge in [0.25, 0.3) is 0 Å². The van der Waals surface area contributed by atoms with Crippen molar-refractivity contribution in [2.45, 2.75) is 43.7 Å². The number of nitrogens with one attached hydrogen (secondary N) is 2. The van der Waals surface area contributed by atoms with Crippen molar-refractivity contribution in [2.24, 2.45) is 0 Å². The molecular weight excluding hydrogens is 410 g/mol. The van der Waals surface area contributed by atoms with Gasteiger partial charge in [-0.2, -0.15) is 4.31 Å². The fourth-order valence-corrected chi connectivity index (χ4v) is 4.94. The van der Waals surface area contributed by atoms with Crippen molar-refractivity contribution in [1.82, 2.24) is 14.9 Å². The molecule has 0 bridgehead atoms. The molecule has 2 amide bonds. The van der Waals surface area contributed by atoms with Gasteiger partial charge in [0.1, 0.15) is 0 Å². The van der Waals surface area contributed by atoms with E-state index in [9.17, 15) is 13.2 Å². The molecule has 2 N–H and O–H groups in total. The number of carbonyl (C=O) groups is 1. The van der Waals surface area contributed by atoms with E-state index in [1.165, 1.54) is 0 Å². The molecule has 0 spiro atoms. The van der Waals surface area contributed by atoms with Gasteiger partial charge < -0.3 is 10.6 Å². The average molecular weight is 436 g/mol. The number of sulfonamides is 1. The predicted molar refractivity (Wildman–Crippen MR) is 114 cm³/mol. The Hall–Kier alpha value is -2.09. The van der Waals surface area contributed by atoms with Crippen molar-refractivity contribution >= 4 is 27.7 Å². The number of hydrogen-bond acceptors (Lipinski definition) is 3. The van der Waals surface area contributed by atoms with Crippen LogP contribution in [0.1, 0.15) is 43.4 Å². The van der Waals surface area contributed by atoms with Crippen LogP contribution in [0.5, 0.6) is 0 Å². The average Bonchev–Trinajstić information content (AvgIpc) is 2.73. The van der Waals surface area contributed by atoms with Crippen LogP contribution < -0.4 is 10.6 Å². The highest BCUT2D eigenvalue weighted by atomic mass is 35.5. The minimum absolute atomic E-state index is 0.163. The van der Waals surface area contributed by atoms with Crippen LogP contribution in [0.25, 0.3) is 0 Å². The number of piperidine rings is 1. The van der Waals surface area contributed by atoms with Crippen LogP contribution in [-0.4, -0.2) is 31.8 Å².